The van der Waals surface area contributed by atoms with Gasteiger partial charge < -0.3 is 20.3 Å². The second-order valence-corrected chi connectivity index (χ2v) is 14.8. The molecule has 0 aliphatic heterocycles. The van der Waals surface area contributed by atoms with Crippen molar-refractivity contribution in [2.75, 3.05) is 24.2 Å². The number of hydrogen-bond acceptors (Lipinski definition) is 10. The molecule has 2 bridgehead atoms. The molecular weight excluding hydrogens is 558 g/mol. The number of aryl methyl sites for hydroxylation is 1. The number of anilines is 1. The topological polar surface area (TPSA) is 122 Å². The number of carbonyl (C=O) groups is 2. The zero-order chi connectivity index (χ0) is 29.7. The summed E-state index contributed by atoms with van der Waals surface area (Å²) >= 11 is 2.73. The Morgan fingerprint density at radius 3 is 2.78 bits per heavy atom. The lowest BCUT2D eigenvalue weighted by molar-refractivity contribution is -0.205. The molecule has 8 nitrogen and oxygen atoms in total. The molecule has 3 saturated carbocycles. The molecule has 3 aliphatic carbocycles. The van der Waals surface area contributed by atoms with Gasteiger partial charge in [-0.25, -0.2) is 9.97 Å². The Labute approximate surface area is 250 Å². The van der Waals surface area contributed by atoms with Gasteiger partial charge in [-0.2, -0.15) is 0 Å². The predicted molar refractivity (Wildman–Crippen MR) is 163 cm³/mol. The normalized spacial score (nSPS) is 36.9. The van der Waals surface area contributed by atoms with Crippen LogP contribution in [0.2, 0.25) is 0 Å². The van der Waals surface area contributed by atoms with Crippen molar-refractivity contribution in [2.24, 2.45) is 34.0 Å². The molecule has 0 saturated heterocycles. The zero-order valence-electron chi connectivity index (χ0n) is 24.7. The Bertz CT molecular complexity index is 1350. The number of Topliss-reactive ketones (excluding diaryl/α,β-unsaturated/α-hetero) is 1. The monoisotopic (exact) mass is 601 g/mol. The number of nitrogens with zero attached hydrogens (tertiary/aromatic N) is 2. The second kappa shape index (κ2) is 11.2. The molecule has 224 valence electrons. The zero-order valence-corrected chi connectivity index (χ0v) is 26.4. The lowest BCUT2D eigenvalue weighted by atomic mass is 9.44. The van der Waals surface area contributed by atoms with E-state index in [1.54, 1.807) is 0 Å². The van der Waals surface area contributed by atoms with Gasteiger partial charge in [-0.3, -0.25) is 9.59 Å². The Morgan fingerprint density at radius 2 is 2.07 bits per heavy atom. The van der Waals surface area contributed by atoms with E-state index in [-0.39, 0.29) is 47.3 Å². The number of thioether (sulfide) groups is 1. The van der Waals surface area contributed by atoms with Gasteiger partial charge in [-0.05, 0) is 60.8 Å². The van der Waals surface area contributed by atoms with Crippen LogP contribution in [-0.2, 0) is 14.3 Å². The molecule has 2 aromatic heterocycles. The Balaban J connectivity index is 1.43. The van der Waals surface area contributed by atoms with Gasteiger partial charge in [-0.15, -0.1) is 17.9 Å². The van der Waals surface area contributed by atoms with E-state index in [1.165, 1.54) is 23.1 Å². The van der Waals surface area contributed by atoms with E-state index < -0.39 is 23.0 Å². The van der Waals surface area contributed by atoms with Crippen LogP contribution in [0.25, 0.3) is 10.2 Å². The first-order valence-corrected chi connectivity index (χ1v) is 16.5. The van der Waals surface area contributed by atoms with Gasteiger partial charge in [0, 0.05) is 29.7 Å². The Morgan fingerprint density at radius 1 is 1.32 bits per heavy atom. The molecule has 5 rings (SSSR count). The molecular formula is C31H43N3O5S2. The fourth-order valence-electron chi connectivity index (χ4n) is 8.25. The minimum Gasteiger partial charge on any atom is -0.461 e. The molecule has 0 aromatic carbocycles. The molecule has 0 spiro atoms. The van der Waals surface area contributed by atoms with E-state index in [0.29, 0.717) is 30.4 Å². The van der Waals surface area contributed by atoms with Crippen LogP contribution >= 0.6 is 23.1 Å². The van der Waals surface area contributed by atoms with Gasteiger partial charge >= 0.3 is 5.97 Å². The number of rotatable bonds is 8. The highest BCUT2D eigenvalue weighted by Crippen LogP contribution is 2.68. The third-order valence-electron chi connectivity index (χ3n) is 10.9. The molecule has 3 aliphatic rings. The number of fused-ring (bicyclic) bond motifs is 1. The van der Waals surface area contributed by atoms with Gasteiger partial charge in [0.1, 0.15) is 22.5 Å². The highest BCUT2D eigenvalue weighted by Gasteiger charge is 2.68. The van der Waals surface area contributed by atoms with Crippen LogP contribution in [-0.4, -0.2) is 63.0 Å². The summed E-state index contributed by atoms with van der Waals surface area (Å²) < 4.78 is 6.36. The molecule has 0 unspecified atom stereocenters. The van der Waals surface area contributed by atoms with Crippen molar-refractivity contribution >= 4 is 50.9 Å². The molecule has 0 radical (unpaired) electrons. The number of aromatic nitrogens is 2. The van der Waals surface area contributed by atoms with Crippen LogP contribution < -0.4 is 5.32 Å². The first-order valence-electron chi connectivity index (χ1n) is 14.7. The summed E-state index contributed by atoms with van der Waals surface area (Å²) in [6.45, 7) is 14.9. The van der Waals surface area contributed by atoms with Gasteiger partial charge in [0.2, 0.25) is 0 Å². The van der Waals surface area contributed by atoms with Crippen LogP contribution in [0.15, 0.2) is 23.2 Å². The lowest BCUT2D eigenvalue weighted by Crippen LogP contribution is -2.63. The first-order chi connectivity index (χ1) is 19.4. The lowest BCUT2D eigenvalue weighted by Gasteiger charge is -2.61. The summed E-state index contributed by atoms with van der Waals surface area (Å²) in [5.74, 6) is 0.371. The van der Waals surface area contributed by atoms with E-state index in [4.69, 9.17) is 4.74 Å². The van der Waals surface area contributed by atoms with E-state index in [1.807, 2.05) is 25.3 Å². The average Bonchev–Trinajstić information content (AvgIpc) is 3.51. The summed E-state index contributed by atoms with van der Waals surface area (Å²) in [6, 6.07) is 0. The van der Waals surface area contributed by atoms with Crippen molar-refractivity contribution < 1.29 is 24.5 Å². The fraction of sp³-hybridized carbons (Fsp3) is 0.677. The molecule has 3 N–H and O–H groups in total. The average molecular weight is 602 g/mol. The minimum absolute atomic E-state index is 0.0176. The number of hydrogen-bond donors (Lipinski definition) is 3. The van der Waals surface area contributed by atoms with Gasteiger partial charge in [0.05, 0.1) is 23.8 Å². The summed E-state index contributed by atoms with van der Waals surface area (Å²) in [5.41, 5.74) is -0.463. The number of ether oxygens (including phenoxy) is 1. The van der Waals surface area contributed by atoms with Crippen molar-refractivity contribution in [1.82, 2.24) is 9.97 Å². The quantitative estimate of drug-likeness (QED) is 0.158. The molecule has 2 aromatic rings. The van der Waals surface area contributed by atoms with Crippen LogP contribution in [0.3, 0.4) is 0 Å². The van der Waals surface area contributed by atoms with E-state index in [0.717, 1.165) is 35.0 Å². The van der Waals surface area contributed by atoms with Crippen molar-refractivity contribution in [3.05, 3.63) is 23.6 Å². The smallest absolute Gasteiger partial charge is 0.316 e. The van der Waals surface area contributed by atoms with Crippen LogP contribution in [0, 0.1) is 40.9 Å². The third-order valence-corrected chi connectivity index (χ3v) is 12.7. The summed E-state index contributed by atoms with van der Waals surface area (Å²) in [4.78, 5) is 37.2. The molecule has 8 atom stereocenters. The minimum atomic E-state index is -0.693. The molecule has 0 amide bonds. The van der Waals surface area contributed by atoms with E-state index in [2.05, 4.69) is 42.6 Å². The number of ketones is 1. The van der Waals surface area contributed by atoms with E-state index in [9.17, 15) is 19.8 Å². The van der Waals surface area contributed by atoms with Crippen molar-refractivity contribution in [1.29, 1.82) is 0 Å². The highest BCUT2D eigenvalue weighted by molar-refractivity contribution is 7.99. The number of carbonyl (C=O) groups excluding carboxylic acids is 2. The number of nitrogens with one attached hydrogen (secondary N) is 1. The van der Waals surface area contributed by atoms with Crippen LogP contribution in [0.1, 0.15) is 65.4 Å². The van der Waals surface area contributed by atoms with Gasteiger partial charge in [-0.1, -0.05) is 45.5 Å². The molecule has 2 heterocycles. The highest BCUT2D eigenvalue weighted by atomic mass is 32.2. The first kappa shape index (κ1) is 30.4. The molecule has 10 heteroatoms. The Hall–Kier alpha value is -2.01. The van der Waals surface area contributed by atoms with Crippen LogP contribution in [0.4, 0.5) is 5.82 Å². The summed E-state index contributed by atoms with van der Waals surface area (Å²) in [5, 5.41) is 27.6. The van der Waals surface area contributed by atoms with E-state index >= 15 is 0 Å². The van der Waals surface area contributed by atoms with Gasteiger partial charge in [0.15, 0.2) is 5.16 Å². The van der Waals surface area contributed by atoms with Crippen molar-refractivity contribution in [3.8, 4) is 0 Å². The Kier molecular flexibility index (Phi) is 8.35. The third kappa shape index (κ3) is 4.92. The van der Waals surface area contributed by atoms with Crippen molar-refractivity contribution in [3.63, 3.8) is 0 Å². The maximum absolute atomic E-state index is 13.6. The summed E-state index contributed by atoms with van der Waals surface area (Å²) in [7, 11) is 0. The maximum Gasteiger partial charge on any atom is 0.316 e. The number of thiophene rings is 1. The van der Waals surface area contributed by atoms with Crippen LogP contribution in [0.5, 0.6) is 0 Å². The number of aliphatic hydroxyl groups excluding tert-OH is 2. The number of esters is 1. The SMILES string of the molecule is C=C[C@]1(C)C[C@@H](OC(=O)CSc2nc(NCCO)c3c(C)csc3n2)[C@]2(C)[C@H](C)CC[C@]3(CCC(=O)[C@H]32)[C@@H](C)[C@@H]1O. The molecule has 3 fully saturated rings. The maximum atomic E-state index is 13.6. The summed E-state index contributed by atoms with van der Waals surface area (Å²) in [6.07, 6.45) is 4.10. The molecule has 41 heavy (non-hydrogen) atoms. The van der Waals surface area contributed by atoms with Crippen molar-refractivity contribution in [2.45, 2.75) is 84.1 Å². The van der Waals surface area contributed by atoms with Gasteiger partial charge in [0.25, 0.3) is 0 Å². The standard InChI is InChI=1S/C31H43N3O5S2/c1-7-29(5)14-21(30(6)18(3)8-10-31(19(4)25(29)38)11-9-20(36)24(30)31)39-22(37)16-41-28-33-26(32-12-13-35)23-17(2)15-40-27(23)34-28/h7,15,18-19,21,24-25,35,38H,1,8-14,16H2,2-6H3,(H,32,33,34)/t18-,19+,21-,24+,25+,29-,30+,31+/m1/s1. The fourth-order valence-corrected chi connectivity index (χ4v) is 9.85. The predicted octanol–water partition coefficient (Wildman–Crippen LogP) is 5.40. The number of aliphatic hydroxyl groups is 2. The largest absolute Gasteiger partial charge is 0.461 e. The second-order valence-electron chi connectivity index (χ2n) is 13.0.